The number of rotatable bonds is 4. The molecule has 4 heterocycles. The zero-order chi connectivity index (χ0) is 22.7. The van der Waals surface area contributed by atoms with E-state index in [1.807, 2.05) is 0 Å². The Labute approximate surface area is 189 Å². The van der Waals surface area contributed by atoms with E-state index in [1.54, 1.807) is 4.31 Å². The molecule has 1 saturated carbocycles. The third-order valence-corrected chi connectivity index (χ3v) is 9.35. The van der Waals surface area contributed by atoms with Gasteiger partial charge >= 0.3 is 6.18 Å². The fourth-order valence-corrected chi connectivity index (χ4v) is 6.78. The van der Waals surface area contributed by atoms with Crippen LogP contribution < -0.4 is 0 Å². The topological polar surface area (TPSA) is 73.8 Å². The Morgan fingerprint density at radius 1 is 1.19 bits per heavy atom. The zero-order valence-electron chi connectivity index (χ0n) is 18.4. The maximum Gasteiger partial charge on any atom is 0.451 e. The predicted molar refractivity (Wildman–Crippen MR) is 110 cm³/mol. The van der Waals surface area contributed by atoms with Crippen molar-refractivity contribution < 1.29 is 27.2 Å². The molecule has 11 heteroatoms. The first-order valence-corrected chi connectivity index (χ1v) is 12.2. The van der Waals surface area contributed by atoms with Crippen LogP contribution in [-0.2, 0) is 27.0 Å². The minimum atomic E-state index is -4.61. The molecule has 0 aromatic carbocycles. The molecule has 2 unspecified atom stereocenters. The first-order valence-electron chi connectivity index (χ1n) is 11.1. The van der Waals surface area contributed by atoms with Gasteiger partial charge < -0.3 is 14.0 Å². The second-order valence-corrected chi connectivity index (χ2v) is 11.3. The lowest BCUT2D eigenvalue weighted by Crippen LogP contribution is -2.60. The van der Waals surface area contributed by atoms with Crippen molar-refractivity contribution in [1.82, 2.24) is 19.2 Å². The molecule has 1 aromatic rings. The van der Waals surface area contributed by atoms with Crippen molar-refractivity contribution in [1.29, 1.82) is 0 Å². The molecule has 0 radical (unpaired) electrons. The molecule has 4 aliphatic rings. The number of hydrogen-bond acceptors (Lipinski definition) is 7. The standard InChI is InChI=1S/C21H29F3N4O3S/c1-14-17(10-25-18(26-14)21(22,23)24)32(29)28-5-3-20(4-6-28)9-16(11-31-20)27(2)15-7-19(8-15)12-30-13-19/h10,15-16H,3-9,11-13H2,1-2H3. The average molecular weight is 475 g/mol. The Bertz CT molecular complexity index is 853. The molecule has 0 N–H and O–H groups in total. The fourth-order valence-electron chi connectivity index (χ4n) is 5.55. The van der Waals surface area contributed by atoms with Crippen LogP contribution in [0.3, 0.4) is 0 Å². The average Bonchev–Trinajstić information content (AvgIpc) is 3.08. The lowest BCUT2D eigenvalue weighted by molar-refractivity contribution is -0.185. The maximum atomic E-state index is 13.0. The van der Waals surface area contributed by atoms with Gasteiger partial charge in [0, 0.05) is 30.6 Å². The van der Waals surface area contributed by atoms with Crippen LogP contribution in [0.1, 0.15) is 43.6 Å². The summed E-state index contributed by atoms with van der Waals surface area (Å²) in [5.41, 5.74) is 0.331. The first-order chi connectivity index (χ1) is 15.1. The van der Waals surface area contributed by atoms with Crippen LogP contribution >= 0.6 is 0 Å². The number of halogens is 3. The maximum absolute atomic E-state index is 13.0. The molecule has 32 heavy (non-hydrogen) atoms. The van der Waals surface area contributed by atoms with Crippen LogP contribution in [0.15, 0.2) is 11.1 Å². The summed E-state index contributed by atoms with van der Waals surface area (Å²) in [7, 11) is 2.20. The Hall–Kier alpha value is -0.980. The molecule has 2 spiro atoms. The van der Waals surface area contributed by atoms with Crippen molar-refractivity contribution in [2.24, 2.45) is 5.41 Å². The van der Waals surface area contributed by atoms with Crippen LogP contribution in [0.5, 0.6) is 0 Å². The van der Waals surface area contributed by atoms with Crippen molar-refractivity contribution >= 4 is 11.4 Å². The van der Waals surface area contributed by atoms with Gasteiger partial charge in [-0.05, 0) is 46.1 Å². The molecular weight excluding hydrogens is 445 g/mol. The Morgan fingerprint density at radius 2 is 1.88 bits per heavy atom. The van der Waals surface area contributed by atoms with Gasteiger partial charge in [0.05, 0.1) is 48.7 Å². The number of hydrogen-bond donors (Lipinski definition) is 0. The molecule has 1 aromatic heterocycles. The van der Waals surface area contributed by atoms with Gasteiger partial charge in [-0.15, -0.1) is 4.31 Å². The molecule has 5 rings (SSSR count). The number of alkyl halides is 3. The molecule has 2 atom stereocenters. The number of nitrogens with zero attached hydrogens (tertiary/aromatic N) is 4. The summed E-state index contributed by atoms with van der Waals surface area (Å²) < 4.78 is 64.9. The minimum absolute atomic E-state index is 0.0971. The summed E-state index contributed by atoms with van der Waals surface area (Å²) in [6.45, 7) is 5.08. The summed E-state index contributed by atoms with van der Waals surface area (Å²) in [5.74, 6) is -1.20. The Kier molecular flexibility index (Phi) is 5.74. The Morgan fingerprint density at radius 3 is 2.44 bits per heavy atom. The van der Waals surface area contributed by atoms with Gasteiger partial charge in [-0.3, -0.25) is 4.90 Å². The summed E-state index contributed by atoms with van der Waals surface area (Å²) >= 11 is -1.59. The van der Waals surface area contributed by atoms with Gasteiger partial charge in [0.25, 0.3) is 0 Å². The van der Waals surface area contributed by atoms with E-state index in [2.05, 4.69) is 21.9 Å². The van der Waals surface area contributed by atoms with Crippen LogP contribution in [0, 0.1) is 12.3 Å². The molecule has 4 fully saturated rings. The monoisotopic (exact) mass is 474 g/mol. The van der Waals surface area contributed by atoms with Gasteiger partial charge in [-0.2, -0.15) is 13.2 Å². The highest BCUT2D eigenvalue weighted by atomic mass is 32.2. The van der Waals surface area contributed by atoms with E-state index in [4.69, 9.17) is 9.47 Å². The number of piperidine rings is 1. The number of aromatic nitrogens is 2. The summed E-state index contributed by atoms with van der Waals surface area (Å²) in [5, 5.41) is 0. The molecule has 0 bridgehead atoms. The number of likely N-dealkylation sites (N-methyl/N-ethyl adjacent to an activating group) is 1. The van der Waals surface area contributed by atoms with Crippen molar-refractivity contribution in [2.45, 2.75) is 67.8 Å². The highest BCUT2D eigenvalue weighted by Crippen LogP contribution is 2.50. The highest BCUT2D eigenvalue weighted by Gasteiger charge is 2.53. The van der Waals surface area contributed by atoms with Crippen molar-refractivity contribution in [3.63, 3.8) is 0 Å². The van der Waals surface area contributed by atoms with E-state index in [9.17, 15) is 17.7 Å². The number of aryl methyl sites for hydroxylation is 1. The third-order valence-electron chi connectivity index (χ3n) is 7.74. The second kappa shape index (κ2) is 8.06. The van der Waals surface area contributed by atoms with Crippen LogP contribution in [-0.4, -0.2) is 81.4 Å². The summed E-state index contributed by atoms with van der Waals surface area (Å²) in [6, 6.07) is 0.985. The van der Waals surface area contributed by atoms with Gasteiger partial charge in [0.1, 0.15) is 0 Å². The highest BCUT2D eigenvalue weighted by molar-refractivity contribution is 7.89. The normalized spacial score (nSPS) is 28.8. The molecular formula is C21H29F3N4O3S. The SMILES string of the molecule is Cc1nc(C(F)(F)F)ncc1[S+]([O-])N1CCC2(CC1)CC(N(C)C1CC3(COC3)C1)CO2. The van der Waals surface area contributed by atoms with E-state index in [0.29, 0.717) is 37.2 Å². The lowest BCUT2D eigenvalue weighted by atomic mass is 9.63. The largest absolute Gasteiger partial charge is 0.593 e. The Balaban J connectivity index is 1.16. The van der Waals surface area contributed by atoms with Crippen molar-refractivity contribution in [3.05, 3.63) is 17.7 Å². The molecule has 7 nitrogen and oxygen atoms in total. The van der Waals surface area contributed by atoms with E-state index in [0.717, 1.165) is 38.7 Å². The summed E-state index contributed by atoms with van der Waals surface area (Å²) in [6.07, 6.45) is 1.31. The van der Waals surface area contributed by atoms with Gasteiger partial charge in [0.15, 0.2) is 0 Å². The second-order valence-electron chi connectivity index (χ2n) is 9.89. The molecule has 0 amide bonds. The summed E-state index contributed by atoms with van der Waals surface area (Å²) in [4.78, 5) is 9.61. The fraction of sp³-hybridized carbons (Fsp3) is 0.810. The predicted octanol–water partition coefficient (Wildman–Crippen LogP) is 2.56. The van der Waals surface area contributed by atoms with Crippen molar-refractivity contribution in [3.8, 4) is 0 Å². The third kappa shape index (κ3) is 4.05. The molecule has 178 valence electrons. The van der Waals surface area contributed by atoms with Crippen LogP contribution in [0.25, 0.3) is 0 Å². The van der Waals surface area contributed by atoms with Crippen molar-refractivity contribution in [2.75, 3.05) is 40.0 Å². The quantitative estimate of drug-likeness (QED) is 0.621. The smallest absolute Gasteiger partial charge is 0.451 e. The van der Waals surface area contributed by atoms with Gasteiger partial charge in [-0.25, -0.2) is 9.97 Å². The van der Waals surface area contributed by atoms with E-state index in [1.165, 1.54) is 19.8 Å². The molecule has 3 saturated heterocycles. The number of ether oxygens (including phenoxy) is 2. The van der Waals surface area contributed by atoms with Crippen LogP contribution in [0.4, 0.5) is 13.2 Å². The van der Waals surface area contributed by atoms with Gasteiger partial charge in [0.2, 0.25) is 10.7 Å². The first kappa shape index (κ1) is 22.8. The van der Waals surface area contributed by atoms with Crippen LogP contribution in [0.2, 0.25) is 0 Å². The van der Waals surface area contributed by atoms with Gasteiger partial charge in [-0.1, -0.05) is 0 Å². The van der Waals surface area contributed by atoms with E-state index < -0.39 is 23.4 Å². The van der Waals surface area contributed by atoms with E-state index in [-0.39, 0.29) is 16.2 Å². The zero-order valence-corrected chi connectivity index (χ0v) is 19.2. The van der Waals surface area contributed by atoms with E-state index >= 15 is 0 Å². The minimum Gasteiger partial charge on any atom is -0.593 e. The molecule has 3 aliphatic heterocycles. The molecule has 1 aliphatic carbocycles. The lowest BCUT2D eigenvalue weighted by Gasteiger charge is -2.56.